The van der Waals surface area contributed by atoms with Crippen LogP contribution in [-0.2, 0) is 14.3 Å². The molecule has 0 aromatic rings. The summed E-state index contributed by atoms with van der Waals surface area (Å²) in [5.41, 5.74) is 3.79. The number of thioether (sulfide) groups is 2. The Morgan fingerprint density at radius 1 is 0.902 bits per heavy atom. The monoisotopic (exact) mass is 600 g/mol. The Labute approximate surface area is 258 Å². The average molecular weight is 601 g/mol. The van der Waals surface area contributed by atoms with Gasteiger partial charge in [0.2, 0.25) is 0 Å². The lowest BCUT2D eigenvalue weighted by molar-refractivity contribution is -0.232. The van der Waals surface area contributed by atoms with Crippen LogP contribution in [0, 0.1) is 50.7 Å². The molecule has 0 N–H and O–H groups in total. The molecule has 3 nitrogen and oxygen atoms in total. The fraction of sp³-hybridized carbons (Fsp3) is 0.889. The van der Waals surface area contributed by atoms with Gasteiger partial charge in [-0.15, -0.1) is 23.5 Å². The summed E-state index contributed by atoms with van der Waals surface area (Å²) in [6.45, 7) is 18.9. The minimum Gasteiger partial charge on any atom is -0.462 e. The van der Waals surface area contributed by atoms with Crippen molar-refractivity contribution in [2.45, 2.75) is 137 Å². The molecule has 0 radical (unpaired) electrons. The molecule has 0 aromatic heterocycles. The van der Waals surface area contributed by atoms with Crippen molar-refractivity contribution in [3.8, 4) is 0 Å². The number of ether oxygens (including phenoxy) is 1. The highest BCUT2D eigenvalue weighted by atomic mass is 32.2. The van der Waals surface area contributed by atoms with Crippen LogP contribution in [0.5, 0.6) is 0 Å². The third kappa shape index (κ3) is 4.41. The molecule has 0 unspecified atom stereocenters. The molecular formula is C36H56O3S2. The summed E-state index contributed by atoms with van der Waals surface area (Å²) in [4.78, 5) is 25.9. The van der Waals surface area contributed by atoms with Crippen LogP contribution in [0.15, 0.2) is 11.1 Å². The first-order valence-corrected chi connectivity index (χ1v) is 19.0. The molecule has 5 aliphatic carbocycles. The molecule has 4 saturated carbocycles. The van der Waals surface area contributed by atoms with Gasteiger partial charge >= 0.3 is 5.97 Å². The lowest BCUT2D eigenvalue weighted by atomic mass is 9.33. The molecule has 0 bridgehead atoms. The van der Waals surface area contributed by atoms with E-state index in [1.807, 2.05) is 0 Å². The van der Waals surface area contributed by atoms with Crippen LogP contribution in [0.3, 0.4) is 0 Å². The zero-order valence-electron chi connectivity index (χ0n) is 27.2. The molecule has 6 rings (SSSR count). The first kappa shape index (κ1) is 30.6. The van der Waals surface area contributed by atoms with Crippen LogP contribution in [-0.4, -0.2) is 33.9 Å². The summed E-state index contributed by atoms with van der Waals surface area (Å²) in [6, 6.07) is 0. The number of hydrogen-bond donors (Lipinski definition) is 0. The number of carbonyl (C=O) groups excluding carboxylic acids is 2. The minimum atomic E-state index is -0.128. The maximum atomic E-state index is 13.9. The van der Waals surface area contributed by atoms with Gasteiger partial charge in [0.1, 0.15) is 6.10 Å². The predicted molar refractivity (Wildman–Crippen MR) is 173 cm³/mol. The maximum absolute atomic E-state index is 13.9. The van der Waals surface area contributed by atoms with E-state index in [2.05, 4.69) is 72.0 Å². The van der Waals surface area contributed by atoms with E-state index in [0.29, 0.717) is 34.0 Å². The number of fused-ring (bicyclic) bond motifs is 7. The third-order valence-electron chi connectivity index (χ3n) is 14.3. The van der Waals surface area contributed by atoms with E-state index < -0.39 is 0 Å². The van der Waals surface area contributed by atoms with Crippen molar-refractivity contribution in [1.82, 2.24) is 0 Å². The molecule has 5 heteroatoms. The van der Waals surface area contributed by atoms with Gasteiger partial charge in [-0.2, -0.15) is 0 Å². The SMILES string of the molecule is CC(=O)O[C@H]1CC[C@]2(C)[C@H]3CC[C@@H]4C5=C(C(C)C)C(=O)C[C@]5(CC5SCCCS5)CC[C@@]4(C)[C@]3(C)CC[C@H]2C1(C)C. The summed E-state index contributed by atoms with van der Waals surface area (Å²) >= 11 is 4.34. The largest absolute Gasteiger partial charge is 0.462 e. The Morgan fingerprint density at radius 2 is 1.61 bits per heavy atom. The highest BCUT2D eigenvalue weighted by molar-refractivity contribution is 8.17. The molecule has 6 aliphatic rings. The molecule has 5 fully saturated rings. The van der Waals surface area contributed by atoms with Crippen LogP contribution in [0.2, 0.25) is 0 Å². The Hall–Kier alpha value is -0.420. The van der Waals surface area contributed by atoms with Crippen molar-refractivity contribution in [2.24, 2.45) is 50.7 Å². The molecule has 41 heavy (non-hydrogen) atoms. The topological polar surface area (TPSA) is 43.4 Å². The number of ketones is 1. The van der Waals surface area contributed by atoms with Gasteiger partial charge in [-0.25, -0.2) is 0 Å². The first-order valence-electron chi connectivity index (χ1n) is 16.9. The van der Waals surface area contributed by atoms with Crippen molar-refractivity contribution < 1.29 is 14.3 Å². The second kappa shape index (κ2) is 10.3. The lowest BCUT2D eigenvalue weighted by Gasteiger charge is -2.72. The minimum absolute atomic E-state index is 0.0000135. The number of Topliss-reactive ketones (excluding diaryl/α,β-unsaturated/α-hetero) is 1. The number of rotatable bonds is 4. The molecule has 0 amide bonds. The predicted octanol–water partition coefficient (Wildman–Crippen LogP) is 9.49. The summed E-state index contributed by atoms with van der Waals surface area (Å²) in [5.74, 6) is 5.06. The molecule has 1 saturated heterocycles. The van der Waals surface area contributed by atoms with E-state index in [4.69, 9.17) is 4.74 Å². The van der Waals surface area contributed by atoms with Crippen molar-refractivity contribution in [2.75, 3.05) is 11.5 Å². The van der Waals surface area contributed by atoms with E-state index in [9.17, 15) is 9.59 Å². The van der Waals surface area contributed by atoms with Crippen LogP contribution in [0.25, 0.3) is 0 Å². The van der Waals surface area contributed by atoms with Gasteiger partial charge in [-0.05, 0) is 121 Å². The van der Waals surface area contributed by atoms with Gasteiger partial charge < -0.3 is 4.74 Å². The molecule has 0 aromatic carbocycles. The van der Waals surface area contributed by atoms with E-state index in [1.165, 1.54) is 74.9 Å². The van der Waals surface area contributed by atoms with Gasteiger partial charge in [0, 0.05) is 24.2 Å². The van der Waals surface area contributed by atoms with Crippen molar-refractivity contribution in [3.05, 3.63) is 11.1 Å². The molecular weight excluding hydrogens is 545 g/mol. The fourth-order valence-electron chi connectivity index (χ4n) is 12.3. The summed E-state index contributed by atoms with van der Waals surface area (Å²) < 4.78 is 6.60. The molecule has 1 heterocycles. The van der Waals surface area contributed by atoms with Crippen molar-refractivity contribution in [3.63, 3.8) is 0 Å². The number of hydrogen-bond acceptors (Lipinski definition) is 5. The molecule has 230 valence electrons. The highest BCUT2D eigenvalue weighted by Gasteiger charge is 2.70. The standard InChI is InChI=1S/C36H56O3S2/c1-22(2)30-25(38)20-36(21-29-40-18-9-19-41-29)17-16-34(7)24(31(30)36)10-11-27-33(6)14-13-28(39-23(3)37)32(4,5)26(33)12-15-35(27,34)8/h22,24,26-29H,9-21H2,1-8H3/t24-,26+,27-,28+,33+,34-,35-,36+/m1/s1. The first-order chi connectivity index (χ1) is 19.2. The number of carbonyl (C=O) groups is 2. The van der Waals surface area contributed by atoms with E-state index in [0.717, 1.165) is 12.8 Å². The quantitative estimate of drug-likeness (QED) is 0.301. The van der Waals surface area contributed by atoms with Gasteiger partial charge in [-0.1, -0.05) is 54.0 Å². The second-order valence-corrected chi connectivity index (χ2v) is 19.6. The highest BCUT2D eigenvalue weighted by Crippen LogP contribution is 2.77. The van der Waals surface area contributed by atoms with Crippen molar-refractivity contribution in [1.29, 1.82) is 0 Å². The summed E-state index contributed by atoms with van der Waals surface area (Å²) in [6.07, 6.45) is 13.0. The van der Waals surface area contributed by atoms with E-state index in [1.54, 1.807) is 12.5 Å². The van der Waals surface area contributed by atoms with Gasteiger partial charge in [0.05, 0.1) is 4.58 Å². The zero-order chi connectivity index (χ0) is 29.6. The summed E-state index contributed by atoms with van der Waals surface area (Å²) in [5, 5.41) is 0. The molecule has 0 spiro atoms. The third-order valence-corrected chi connectivity index (χ3v) is 17.2. The van der Waals surface area contributed by atoms with Crippen LogP contribution in [0.1, 0.15) is 126 Å². The Balaban J connectivity index is 1.37. The van der Waals surface area contributed by atoms with Crippen LogP contribution < -0.4 is 0 Å². The van der Waals surface area contributed by atoms with Gasteiger partial charge in [-0.3, -0.25) is 9.59 Å². The van der Waals surface area contributed by atoms with Crippen LogP contribution >= 0.6 is 23.5 Å². The normalized spacial score (nSPS) is 46.0. The Kier molecular flexibility index (Phi) is 7.70. The Morgan fingerprint density at radius 3 is 2.27 bits per heavy atom. The summed E-state index contributed by atoms with van der Waals surface area (Å²) in [7, 11) is 0. The molecule has 8 atom stereocenters. The smallest absolute Gasteiger partial charge is 0.302 e. The fourth-order valence-corrected chi connectivity index (χ4v) is 15.5. The van der Waals surface area contributed by atoms with E-state index >= 15 is 0 Å². The average Bonchev–Trinajstić information content (AvgIpc) is 3.18. The Bertz CT molecular complexity index is 1120. The second-order valence-electron chi connectivity index (χ2n) is 16.7. The number of esters is 1. The van der Waals surface area contributed by atoms with Gasteiger partial charge in [0.25, 0.3) is 0 Å². The van der Waals surface area contributed by atoms with Crippen LogP contribution in [0.4, 0.5) is 0 Å². The van der Waals surface area contributed by atoms with Crippen molar-refractivity contribution >= 4 is 35.3 Å². The zero-order valence-corrected chi connectivity index (χ0v) is 28.8. The maximum Gasteiger partial charge on any atom is 0.302 e. The van der Waals surface area contributed by atoms with Gasteiger partial charge in [0.15, 0.2) is 5.78 Å². The number of allylic oxidation sites excluding steroid dienone is 2. The lowest BCUT2D eigenvalue weighted by Crippen LogP contribution is -2.65. The molecule has 1 aliphatic heterocycles. The van der Waals surface area contributed by atoms with E-state index in [-0.39, 0.29) is 39.1 Å².